The van der Waals surface area contributed by atoms with Crippen LogP contribution in [-0.2, 0) is 4.79 Å². The topological polar surface area (TPSA) is 109 Å². The zero-order valence-corrected chi connectivity index (χ0v) is 21.4. The van der Waals surface area contributed by atoms with Crippen molar-refractivity contribution < 1.29 is 9.72 Å². The van der Waals surface area contributed by atoms with Crippen molar-refractivity contribution in [3.05, 3.63) is 106 Å². The van der Waals surface area contributed by atoms with Crippen LogP contribution in [0.4, 0.5) is 11.4 Å². The number of hydrogen-bond donors (Lipinski definition) is 1. The summed E-state index contributed by atoms with van der Waals surface area (Å²) < 4.78 is 0. The van der Waals surface area contributed by atoms with Crippen LogP contribution in [0.1, 0.15) is 23.6 Å². The lowest BCUT2D eigenvalue weighted by atomic mass is 9.99. The molecule has 0 unspecified atom stereocenters. The highest BCUT2D eigenvalue weighted by Gasteiger charge is 2.22. The summed E-state index contributed by atoms with van der Waals surface area (Å²) in [6.45, 7) is 5.46. The molecule has 0 fully saturated rings. The van der Waals surface area contributed by atoms with Gasteiger partial charge in [-0.3, -0.25) is 14.9 Å². The van der Waals surface area contributed by atoms with Gasteiger partial charge in [-0.1, -0.05) is 71.9 Å². The van der Waals surface area contributed by atoms with Crippen LogP contribution in [0.15, 0.2) is 83.9 Å². The van der Waals surface area contributed by atoms with E-state index >= 15 is 0 Å². The van der Waals surface area contributed by atoms with Gasteiger partial charge in [-0.05, 0) is 44.0 Å². The van der Waals surface area contributed by atoms with Crippen LogP contribution >= 0.6 is 11.8 Å². The van der Waals surface area contributed by atoms with Crippen molar-refractivity contribution in [2.45, 2.75) is 31.0 Å². The SMILES string of the molecule is Cc1ccc(-c2cc(-c3ccccc3)c(C#N)c(S[C@H](C)C(=O)Nc3ccc([N+](=O)[O-])cc3C)n2)cc1. The van der Waals surface area contributed by atoms with E-state index < -0.39 is 10.2 Å². The summed E-state index contributed by atoms with van der Waals surface area (Å²) >= 11 is 1.20. The van der Waals surface area contributed by atoms with E-state index in [2.05, 4.69) is 11.4 Å². The van der Waals surface area contributed by atoms with Gasteiger partial charge in [0.2, 0.25) is 5.91 Å². The van der Waals surface area contributed by atoms with E-state index in [1.807, 2.05) is 67.6 Å². The van der Waals surface area contributed by atoms with Gasteiger partial charge < -0.3 is 5.32 Å². The van der Waals surface area contributed by atoms with Crippen LogP contribution in [0.2, 0.25) is 0 Å². The maximum Gasteiger partial charge on any atom is 0.269 e. The number of non-ortho nitro benzene ring substituents is 1. The normalized spacial score (nSPS) is 11.4. The molecule has 0 radical (unpaired) electrons. The molecule has 0 aliphatic carbocycles. The van der Waals surface area contributed by atoms with Crippen molar-refractivity contribution in [3.63, 3.8) is 0 Å². The third-order valence-electron chi connectivity index (χ3n) is 5.87. The summed E-state index contributed by atoms with van der Waals surface area (Å²) in [6, 6.07) is 26.1. The molecule has 7 nitrogen and oxygen atoms in total. The molecular weight excluding hydrogens is 484 g/mol. The second-order valence-electron chi connectivity index (χ2n) is 8.58. The summed E-state index contributed by atoms with van der Waals surface area (Å²) in [6.07, 6.45) is 0. The monoisotopic (exact) mass is 508 g/mol. The van der Waals surface area contributed by atoms with Crippen LogP contribution in [0.3, 0.4) is 0 Å². The smallest absolute Gasteiger partial charge is 0.269 e. The lowest BCUT2D eigenvalue weighted by molar-refractivity contribution is -0.384. The Hall–Kier alpha value is -4.48. The first-order chi connectivity index (χ1) is 17.8. The Bertz CT molecular complexity index is 1510. The third kappa shape index (κ3) is 5.85. The Kier molecular flexibility index (Phi) is 7.66. The zero-order chi connectivity index (χ0) is 26.5. The number of amides is 1. The first-order valence-electron chi connectivity index (χ1n) is 11.6. The molecule has 8 heteroatoms. The molecule has 0 spiro atoms. The van der Waals surface area contributed by atoms with Crippen molar-refractivity contribution >= 4 is 29.0 Å². The first kappa shape index (κ1) is 25.6. The maximum atomic E-state index is 13.1. The number of nitrogens with one attached hydrogen (secondary N) is 1. The van der Waals surface area contributed by atoms with Crippen LogP contribution in [0.25, 0.3) is 22.4 Å². The minimum Gasteiger partial charge on any atom is -0.325 e. The Balaban J connectivity index is 1.69. The average molecular weight is 509 g/mol. The van der Waals surface area contributed by atoms with E-state index in [-0.39, 0.29) is 11.6 Å². The largest absolute Gasteiger partial charge is 0.325 e. The molecule has 1 heterocycles. The summed E-state index contributed by atoms with van der Waals surface area (Å²) in [4.78, 5) is 28.4. The number of pyridine rings is 1. The molecule has 3 aromatic carbocycles. The number of nitriles is 1. The number of anilines is 1. The minimum atomic E-state index is -0.592. The number of aryl methyl sites for hydroxylation is 2. The molecule has 37 heavy (non-hydrogen) atoms. The standard InChI is InChI=1S/C29H24N4O3S/c1-18-9-11-22(12-10-18)27-16-24(21-7-5-4-6-8-21)25(17-30)29(32-27)37-20(3)28(34)31-26-14-13-23(33(35)36)15-19(26)2/h4-16,20H,1-3H3,(H,31,34)/t20-/m1/s1. The molecular formula is C29H24N4O3S. The Morgan fingerprint density at radius 1 is 1.03 bits per heavy atom. The van der Waals surface area contributed by atoms with Crippen LogP contribution in [-0.4, -0.2) is 21.1 Å². The predicted octanol–water partition coefficient (Wildman–Crippen LogP) is 6.93. The van der Waals surface area contributed by atoms with E-state index in [9.17, 15) is 20.2 Å². The van der Waals surface area contributed by atoms with Gasteiger partial charge in [0.15, 0.2) is 0 Å². The lowest BCUT2D eigenvalue weighted by Gasteiger charge is -2.16. The number of nitro groups is 1. The second kappa shape index (κ2) is 11.1. The number of thioether (sulfide) groups is 1. The Morgan fingerprint density at radius 2 is 1.73 bits per heavy atom. The van der Waals surface area contributed by atoms with Crippen LogP contribution in [0.5, 0.6) is 0 Å². The zero-order valence-electron chi connectivity index (χ0n) is 20.6. The van der Waals surface area contributed by atoms with E-state index in [0.29, 0.717) is 27.5 Å². The van der Waals surface area contributed by atoms with Gasteiger partial charge >= 0.3 is 0 Å². The summed E-state index contributed by atoms with van der Waals surface area (Å²) in [5.74, 6) is -0.297. The van der Waals surface area contributed by atoms with Crippen molar-refractivity contribution in [1.29, 1.82) is 5.26 Å². The van der Waals surface area contributed by atoms with Crippen LogP contribution < -0.4 is 5.32 Å². The summed E-state index contributed by atoms with van der Waals surface area (Å²) in [5.41, 5.74) is 5.82. The molecule has 0 saturated carbocycles. The fraction of sp³-hybridized carbons (Fsp3) is 0.138. The Labute approximate surface area is 219 Å². The first-order valence-corrected chi connectivity index (χ1v) is 12.4. The van der Waals surface area contributed by atoms with E-state index in [0.717, 1.165) is 22.3 Å². The molecule has 1 aromatic heterocycles. The van der Waals surface area contributed by atoms with Gasteiger partial charge in [0.25, 0.3) is 5.69 Å². The number of hydrogen-bond acceptors (Lipinski definition) is 6. The van der Waals surface area contributed by atoms with Crippen molar-refractivity contribution in [2.75, 3.05) is 5.32 Å². The molecule has 184 valence electrons. The molecule has 1 amide bonds. The van der Waals surface area contributed by atoms with Gasteiger partial charge in [-0.25, -0.2) is 4.98 Å². The van der Waals surface area contributed by atoms with Gasteiger partial charge in [-0.2, -0.15) is 5.26 Å². The molecule has 4 aromatic rings. The van der Waals surface area contributed by atoms with Crippen LogP contribution in [0, 0.1) is 35.3 Å². The van der Waals surface area contributed by atoms with Gasteiger partial charge in [0, 0.05) is 28.9 Å². The number of carbonyl (C=O) groups excluding carboxylic acids is 1. The lowest BCUT2D eigenvalue weighted by Crippen LogP contribution is -2.23. The number of benzene rings is 3. The number of aromatic nitrogens is 1. The molecule has 0 saturated heterocycles. The molecule has 0 aliphatic heterocycles. The van der Waals surface area contributed by atoms with Crippen molar-refractivity contribution in [3.8, 4) is 28.5 Å². The Morgan fingerprint density at radius 3 is 2.35 bits per heavy atom. The minimum absolute atomic E-state index is 0.0397. The molecule has 4 rings (SSSR count). The van der Waals surface area contributed by atoms with Gasteiger partial charge in [0.05, 0.1) is 21.4 Å². The maximum absolute atomic E-state index is 13.1. The number of carbonyl (C=O) groups is 1. The highest BCUT2D eigenvalue weighted by Crippen LogP contribution is 2.36. The molecule has 0 aliphatic rings. The number of nitrogens with zero attached hydrogens (tertiary/aromatic N) is 3. The quantitative estimate of drug-likeness (QED) is 0.165. The fourth-order valence-electron chi connectivity index (χ4n) is 3.79. The second-order valence-corrected chi connectivity index (χ2v) is 9.91. The summed E-state index contributed by atoms with van der Waals surface area (Å²) in [7, 11) is 0. The number of rotatable bonds is 7. The van der Waals surface area contributed by atoms with Gasteiger partial charge in [-0.15, -0.1) is 0 Å². The number of nitro benzene ring substituents is 1. The molecule has 0 bridgehead atoms. The van der Waals surface area contributed by atoms with E-state index in [1.54, 1.807) is 13.8 Å². The van der Waals surface area contributed by atoms with E-state index in [1.165, 1.54) is 30.0 Å². The van der Waals surface area contributed by atoms with Gasteiger partial charge in [0.1, 0.15) is 11.1 Å². The average Bonchev–Trinajstić information content (AvgIpc) is 2.90. The summed E-state index contributed by atoms with van der Waals surface area (Å²) in [5, 5.41) is 23.8. The molecule has 1 N–H and O–H groups in total. The van der Waals surface area contributed by atoms with Crippen molar-refractivity contribution in [2.24, 2.45) is 0 Å². The third-order valence-corrected chi connectivity index (χ3v) is 6.95. The highest BCUT2D eigenvalue weighted by atomic mass is 32.2. The predicted molar refractivity (Wildman–Crippen MR) is 146 cm³/mol. The molecule has 1 atom stereocenters. The highest BCUT2D eigenvalue weighted by molar-refractivity contribution is 8.00. The fourth-order valence-corrected chi connectivity index (χ4v) is 4.71. The van der Waals surface area contributed by atoms with E-state index in [4.69, 9.17) is 4.98 Å². The van der Waals surface area contributed by atoms with Crippen molar-refractivity contribution in [1.82, 2.24) is 4.98 Å².